The molecule has 0 spiro atoms. The Balaban J connectivity index is 2.00. The predicted molar refractivity (Wildman–Crippen MR) is 88.2 cm³/mol. The lowest BCUT2D eigenvalue weighted by Gasteiger charge is -2.05. The van der Waals surface area contributed by atoms with Gasteiger partial charge in [-0.15, -0.1) is 0 Å². The first kappa shape index (κ1) is 15.6. The van der Waals surface area contributed by atoms with Crippen LogP contribution in [0.25, 0.3) is 0 Å². The first-order chi connectivity index (χ1) is 10.2. The Morgan fingerprint density at radius 1 is 1.00 bits per heavy atom. The summed E-state index contributed by atoms with van der Waals surface area (Å²) in [5.74, 6) is 0.832. The zero-order valence-electron chi connectivity index (χ0n) is 12.5. The van der Waals surface area contributed by atoms with Crippen molar-refractivity contribution in [3.63, 3.8) is 0 Å². The van der Waals surface area contributed by atoms with E-state index in [0.717, 1.165) is 29.1 Å². The first-order valence-electron chi connectivity index (χ1n) is 7.27. The lowest BCUT2D eigenvalue weighted by molar-refractivity contribution is 0.108. The molecular weight excluding hydrogens is 280 g/mol. The van der Waals surface area contributed by atoms with Gasteiger partial charge < -0.3 is 4.74 Å². The molecule has 3 heteroatoms. The summed E-state index contributed by atoms with van der Waals surface area (Å²) in [6.07, 6.45) is 2.18. The number of carbonyl (C=O) groups is 1. The highest BCUT2D eigenvalue weighted by atomic mass is 32.2. The van der Waals surface area contributed by atoms with Crippen LogP contribution < -0.4 is 4.74 Å². The second-order valence-electron chi connectivity index (χ2n) is 4.74. The third kappa shape index (κ3) is 4.64. The van der Waals surface area contributed by atoms with E-state index >= 15 is 0 Å². The van der Waals surface area contributed by atoms with Gasteiger partial charge in [-0.25, -0.2) is 0 Å². The summed E-state index contributed by atoms with van der Waals surface area (Å²) in [6.45, 7) is 4.75. The van der Waals surface area contributed by atoms with Gasteiger partial charge in [-0.1, -0.05) is 37.6 Å². The molecule has 0 radical (unpaired) electrons. The van der Waals surface area contributed by atoms with E-state index in [1.54, 1.807) is 0 Å². The third-order valence-corrected chi connectivity index (χ3v) is 4.00. The molecule has 0 heterocycles. The Morgan fingerprint density at radius 2 is 1.67 bits per heavy atom. The van der Waals surface area contributed by atoms with Crippen molar-refractivity contribution in [3.8, 4) is 5.75 Å². The maximum absolute atomic E-state index is 12.2. The summed E-state index contributed by atoms with van der Waals surface area (Å²) in [7, 11) is 0. The van der Waals surface area contributed by atoms with E-state index in [1.165, 1.54) is 17.3 Å². The normalized spacial score (nSPS) is 10.4. The molecule has 0 saturated heterocycles. The summed E-state index contributed by atoms with van der Waals surface area (Å²) >= 11 is 1.25. The minimum Gasteiger partial charge on any atom is -0.494 e. The molecule has 0 unspecified atom stereocenters. The van der Waals surface area contributed by atoms with Crippen molar-refractivity contribution in [3.05, 3.63) is 59.7 Å². The molecule has 0 aromatic heterocycles. The van der Waals surface area contributed by atoms with Crippen molar-refractivity contribution < 1.29 is 9.53 Å². The molecule has 0 aliphatic heterocycles. The Hall–Kier alpha value is -1.74. The van der Waals surface area contributed by atoms with Crippen LogP contribution in [0.4, 0.5) is 0 Å². The molecule has 0 atom stereocenters. The summed E-state index contributed by atoms with van der Waals surface area (Å²) in [5.41, 5.74) is 2.02. The Bertz CT molecular complexity index is 573. The molecule has 2 aromatic rings. The van der Waals surface area contributed by atoms with Crippen LogP contribution in [0.1, 0.15) is 36.2 Å². The van der Waals surface area contributed by atoms with Crippen LogP contribution in [0.15, 0.2) is 53.4 Å². The second-order valence-corrected chi connectivity index (χ2v) is 5.79. The van der Waals surface area contributed by atoms with E-state index in [9.17, 15) is 4.79 Å². The van der Waals surface area contributed by atoms with Crippen molar-refractivity contribution in [2.45, 2.75) is 31.6 Å². The van der Waals surface area contributed by atoms with Crippen LogP contribution in [0, 0.1) is 0 Å². The van der Waals surface area contributed by atoms with Gasteiger partial charge in [-0.3, -0.25) is 4.79 Å². The number of hydrogen-bond acceptors (Lipinski definition) is 3. The fourth-order valence-electron chi connectivity index (χ4n) is 2.03. The summed E-state index contributed by atoms with van der Waals surface area (Å²) in [6, 6.07) is 15.5. The molecule has 21 heavy (non-hydrogen) atoms. The molecule has 2 aromatic carbocycles. The lowest BCUT2D eigenvalue weighted by atomic mass is 10.1. The fraction of sp³-hybridized carbons (Fsp3) is 0.278. The Morgan fingerprint density at radius 3 is 2.24 bits per heavy atom. The van der Waals surface area contributed by atoms with Gasteiger partial charge in [0.2, 0.25) is 5.12 Å². The van der Waals surface area contributed by atoms with Gasteiger partial charge in [0.1, 0.15) is 5.75 Å². The van der Waals surface area contributed by atoms with Gasteiger partial charge in [-0.05, 0) is 54.9 Å². The van der Waals surface area contributed by atoms with E-state index in [4.69, 9.17) is 4.74 Å². The van der Waals surface area contributed by atoms with Gasteiger partial charge in [0.25, 0.3) is 0 Å². The van der Waals surface area contributed by atoms with Crippen LogP contribution in [0.3, 0.4) is 0 Å². The van der Waals surface area contributed by atoms with Crippen LogP contribution in [-0.2, 0) is 6.42 Å². The molecule has 0 N–H and O–H groups in total. The molecule has 0 fully saturated rings. The van der Waals surface area contributed by atoms with Gasteiger partial charge in [0, 0.05) is 10.5 Å². The number of benzene rings is 2. The molecule has 0 bridgehead atoms. The zero-order valence-corrected chi connectivity index (χ0v) is 13.3. The van der Waals surface area contributed by atoms with Crippen LogP contribution in [0.5, 0.6) is 5.75 Å². The van der Waals surface area contributed by atoms with Crippen LogP contribution >= 0.6 is 11.8 Å². The summed E-state index contributed by atoms with van der Waals surface area (Å²) < 4.78 is 5.39. The maximum Gasteiger partial charge on any atom is 0.224 e. The highest BCUT2D eigenvalue weighted by molar-refractivity contribution is 8.14. The van der Waals surface area contributed by atoms with E-state index in [2.05, 4.69) is 6.92 Å². The van der Waals surface area contributed by atoms with Crippen molar-refractivity contribution in [2.24, 2.45) is 0 Å². The van der Waals surface area contributed by atoms with Gasteiger partial charge >= 0.3 is 0 Å². The lowest BCUT2D eigenvalue weighted by Crippen LogP contribution is -1.94. The highest BCUT2D eigenvalue weighted by Crippen LogP contribution is 2.25. The van der Waals surface area contributed by atoms with Crippen molar-refractivity contribution in [1.82, 2.24) is 0 Å². The topological polar surface area (TPSA) is 26.3 Å². The number of rotatable bonds is 6. The van der Waals surface area contributed by atoms with E-state index in [-0.39, 0.29) is 5.12 Å². The van der Waals surface area contributed by atoms with Crippen molar-refractivity contribution in [1.29, 1.82) is 0 Å². The fourth-order valence-corrected chi connectivity index (χ4v) is 2.77. The average molecular weight is 300 g/mol. The molecule has 0 aliphatic carbocycles. The maximum atomic E-state index is 12.2. The van der Waals surface area contributed by atoms with E-state index in [0.29, 0.717) is 6.61 Å². The van der Waals surface area contributed by atoms with E-state index < -0.39 is 0 Å². The number of thioether (sulfide) groups is 1. The summed E-state index contributed by atoms with van der Waals surface area (Å²) in [5, 5.41) is 0.0715. The van der Waals surface area contributed by atoms with Crippen molar-refractivity contribution >= 4 is 16.9 Å². The molecule has 2 rings (SSSR count). The minimum atomic E-state index is 0.0715. The highest BCUT2D eigenvalue weighted by Gasteiger charge is 2.08. The largest absolute Gasteiger partial charge is 0.494 e. The van der Waals surface area contributed by atoms with Crippen molar-refractivity contribution in [2.75, 3.05) is 6.61 Å². The van der Waals surface area contributed by atoms with Crippen LogP contribution in [-0.4, -0.2) is 11.7 Å². The molecular formula is C18H20O2S. The van der Waals surface area contributed by atoms with Gasteiger partial charge in [0.05, 0.1) is 6.61 Å². The number of carbonyl (C=O) groups excluding carboxylic acids is 1. The second kappa shape index (κ2) is 7.89. The van der Waals surface area contributed by atoms with Gasteiger partial charge in [0.15, 0.2) is 0 Å². The molecule has 0 amide bonds. The Labute approximate surface area is 130 Å². The van der Waals surface area contributed by atoms with Crippen LogP contribution in [0.2, 0.25) is 0 Å². The standard InChI is InChI=1S/C18H20O2S/c1-3-5-14-6-8-15(9-7-14)18(19)21-17-12-10-16(11-13-17)20-4-2/h6-13H,3-5H2,1-2H3. The number of aryl methyl sites for hydroxylation is 1. The quantitative estimate of drug-likeness (QED) is 0.704. The molecule has 2 nitrogen and oxygen atoms in total. The molecule has 0 aliphatic rings. The SMILES string of the molecule is CCCc1ccc(C(=O)Sc2ccc(OCC)cc2)cc1. The average Bonchev–Trinajstić information content (AvgIpc) is 2.50. The summed E-state index contributed by atoms with van der Waals surface area (Å²) in [4.78, 5) is 13.2. The Kier molecular flexibility index (Phi) is 5.88. The van der Waals surface area contributed by atoms with E-state index in [1.807, 2.05) is 55.5 Å². The monoisotopic (exact) mass is 300 g/mol. The number of hydrogen-bond donors (Lipinski definition) is 0. The number of ether oxygens (including phenoxy) is 1. The predicted octanol–water partition coefficient (Wildman–Crippen LogP) is 4.97. The molecule has 110 valence electrons. The smallest absolute Gasteiger partial charge is 0.224 e. The van der Waals surface area contributed by atoms with Gasteiger partial charge in [-0.2, -0.15) is 0 Å². The molecule has 0 saturated carbocycles. The zero-order chi connectivity index (χ0) is 15.1. The first-order valence-corrected chi connectivity index (χ1v) is 8.08. The third-order valence-electron chi connectivity index (χ3n) is 3.07. The minimum absolute atomic E-state index is 0.0715.